The van der Waals surface area contributed by atoms with Crippen LogP contribution in [0.15, 0.2) is 66.7 Å². The van der Waals surface area contributed by atoms with Crippen molar-refractivity contribution >= 4 is 16.8 Å². The van der Waals surface area contributed by atoms with Crippen LogP contribution in [0.5, 0.6) is 11.5 Å². The molecular weight excluding hydrogens is 378 g/mol. The van der Waals surface area contributed by atoms with E-state index in [1.807, 2.05) is 54.6 Å². The average Bonchev–Trinajstić information content (AvgIpc) is 2.80. The predicted molar refractivity (Wildman–Crippen MR) is 113 cm³/mol. The highest BCUT2D eigenvalue weighted by molar-refractivity contribution is 6.05. The molecule has 0 saturated heterocycles. The van der Waals surface area contributed by atoms with Crippen LogP contribution in [0.1, 0.15) is 21.6 Å². The Morgan fingerprint density at radius 2 is 1.67 bits per heavy atom. The third-order valence-corrected chi connectivity index (χ3v) is 5.48. The van der Waals surface area contributed by atoms with Gasteiger partial charge in [-0.1, -0.05) is 54.6 Å². The molecule has 6 nitrogen and oxygen atoms in total. The number of carbonyl (C=O) groups excluding carboxylic acids is 1. The zero-order valence-electron chi connectivity index (χ0n) is 16.1. The van der Waals surface area contributed by atoms with Gasteiger partial charge in [-0.3, -0.25) is 4.79 Å². The zero-order valence-corrected chi connectivity index (χ0v) is 16.1. The molecule has 1 aliphatic rings. The van der Waals surface area contributed by atoms with Crippen LogP contribution >= 0.6 is 0 Å². The van der Waals surface area contributed by atoms with Gasteiger partial charge in [-0.05, 0) is 24.1 Å². The Morgan fingerprint density at radius 3 is 2.50 bits per heavy atom. The lowest BCUT2D eigenvalue weighted by atomic mass is 9.97. The molecule has 6 heteroatoms. The monoisotopic (exact) mass is 397 g/mol. The van der Waals surface area contributed by atoms with Gasteiger partial charge < -0.3 is 15.1 Å². The van der Waals surface area contributed by atoms with Crippen molar-refractivity contribution in [3.63, 3.8) is 0 Å². The summed E-state index contributed by atoms with van der Waals surface area (Å²) < 4.78 is 0. The molecule has 0 radical (unpaired) electrons. The molecule has 0 atom stereocenters. The van der Waals surface area contributed by atoms with Crippen LogP contribution in [0, 0.1) is 0 Å². The van der Waals surface area contributed by atoms with Crippen molar-refractivity contribution in [2.45, 2.75) is 13.0 Å². The van der Waals surface area contributed by atoms with Crippen molar-refractivity contribution < 1.29 is 15.0 Å². The largest absolute Gasteiger partial charge is 0.504 e. The molecule has 4 aromatic rings. The van der Waals surface area contributed by atoms with E-state index in [1.165, 1.54) is 6.07 Å². The molecule has 0 bridgehead atoms. The minimum atomic E-state index is -0.177. The summed E-state index contributed by atoms with van der Waals surface area (Å²) >= 11 is 0. The summed E-state index contributed by atoms with van der Waals surface area (Å²) in [5.74, 6) is 0.0999. The van der Waals surface area contributed by atoms with Gasteiger partial charge in [0.15, 0.2) is 17.3 Å². The van der Waals surface area contributed by atoms with Crippen LogP contribution in [0.3, 0.4) is 0 Å². The first-order valence-corrected chi connectivity index (χ1v) is 9.76. The molecule has 2 heterocycles. The topological polar surface area (TPSA) is 86.6 Å². The highest BCUT2D eigenvalue weighted by Gasteiger charge is 2.27. The van der Waals surface area contributed by atoms with Gasteiger partial charge >= 0.3 is 0 Å². The number of para-hydroxylation sites is 1. The van der Waals surface area contributed by atoms with Gasteiger partial charge in [0.25, 0.3) is 5.91 Å². The molecule has 5 rings (SSSR count). The Labute approximate surface area is 173 Å². The van der Waals surface area contributed by atoms with Crippen molar-refractivity contribution in [3.05, 3.63) is 83.6 Å². The summed E-state index contributed by atoms with van der Waals surface area (Å²) in [6.45, 7) is 0.781. The molecule has 2 N–H and O–H groups in total. The molecule has 148 valence electrons. The van der Waals surface area contributed by atoms with Crippen LogP contribution < -0.4 is 0 Å². The second-order valence-corrected chi connectivity index (χ2v) is 7.33. The first-order valence-electron chi connectivity index (χ1n) is 9.76. The van der Waals surface area contributed by atoms with Crippen LogP contribution in [0.2, 0.25) is 0 Å². The maximum absolute atomic E-state index is 13.5. The molecular formula is C24H19N3O3. The van der Waals surface area contributed by atoms with Crippen molar-refractivity contribution in [3.8, 4) is 22.9 Å². The predicted octanol–water partition coefficient (Wildman–Crippen LogP) is 3.91. The van der Waals surface area contributed by atoms with E-state index >= 15 is 0 Å². The summed E-state index contributed by atoms with van der Waals surface area (Å²) in [4.78, 5) is 24.5. The van der Waals surface area contributed by atoms with Crippen LogP contribution in [-0.4, -0.2) is 37.5 Å². The lowest BCUT2D eigenvalue weighted by Crippen LogP contribution is -2.36. The van der Waals surface area contributed by atoms with Crippen molar-refractivity contribution in [2.75, 3.05) is 6.54 Å². The number of fused-ring (bicyclic) bond motifs is 2. The summed E-state index contributed by atoms with van der Waals surface area (Å²) in [5.41, 5.74) is 3.45. The first kappa shape index (κ1) is 18.1. The number of rotatable bonds is 2. The average molecular weight is 397 g/mol. The quantitative estimate of drug-likeness (QED) is 0.501. The third-order valence-electron chi connectivity index (χ3n) is 5.48. The summed E-state index contributed by atoms with van der Waals surface area (Å²) in [6, 6.07) is 20.3. The van der Waals surface area contributed by atoms with E-state index in [4.69, 9.17) is 0 Å². The molecule has 0 spiro atoms. The molecule has 0 fully saturated rings. The standard InChI is InChI=1S/C24H19N3O3/c28-20-11-10-16-14-27(13-12-17(16)22(20)29)24(30)21-18-8-4-5-9-19(18)25-23(26-21)15-6-2-1-3-7-15/h1-11,28-29H,12-14H2. The maximum Gasteiger partial charge on any atom is 0.273 e. The molecule has 30 heavy (non-hydrogen) atoms. The van der Waals surface area contributed by atoms with Gasteiger partial charge in [-0.25, -0.2) is 9.97 Å². The smallest absolute Gasteiger partial charge is 0.273 e. The van der Waals surface area contributed by atoms with Crippen molar-refractivity contribution in [1.29, 1.82) is 0 Å². The summed E-state index contributed by atoms with van der Waals surface area (Å²) in [6.07, 6.45) is 0.468. The van der Waals surface area contributed by atoms with E-state index in [0.29, 0.717) is 42.0 Å². The number of aromatic hydroxyl groups is 2. The molecule has 1 amide bonds. The zero-order chi connectivity index (χ0) is 20.7. The Bertz CT molecular complexity index is 1270. The Morgan fingerprint density at radius 1 is 0.900 bits per heavy atom. The third kappa shape index (κ3) is 3.03. The fraction of sp³-hybridized carbons (Fsp3) is 0.125. The van der Waals surface area contributed by atoms with Crippen LogP contribution in [0.4, 0.5) is 0 Å². The van der Waals surface area contributed by atoms with Gasteiger partial charge in [0.1, 0.15) is 5.69 Å². The molecule has 1 aliphatic heterocycles. The highest BCUT2D eigenvalue weighted by atomic mass is 16.3. The number of aromatic nitrogens is 2. The Kier molecular flexibility index (Phi) is 4.32. The number of amides is 1. The number of benzene rings is 3. The molecule has 0 saturated carbocycles. The van der Waals surface area contributed by atoms with E-state index in [-0.39, 0.29) is 17.4 Å². The normalized spacial score (nSPS) is 13.3. The highest BCUT2D eigenvalue weighted by Crippen LogP contribution is 2.35. The Balaban J connectivity index is 1.57. The SMILES string of the molecule is O=C(c1nc(-c2ccccc2)nc2ccccc12)N1CCc2c(ccc(O)c2O)C1. The van der Waals surface area contributed by atoms with Gasteiger partial charge in [0.05, 0.1) is 5.52 Å². The van der Waals surface area contributed by atoms with E-state index in [2.05, 4.69) is 9.97 Å². The van der Waals surface area contributed by atoms with E-state index in [9.17, 15) is 15.0 Å². The number of phenolic OH excluding ortho intramolecular Hbond substituents is 2. The minimum Gasteiger partial charge on any atom is -0.504 e. The number of hydrogen-bond donors (Lipinski definition) is 2. The van der Waals surface area contributed by atoms with Gasteiger partial charge in [0, 0.05) is 29.6 Å². The number of carbonyl (C=O) groups is 1. The second kappa shape index (κ2) is 7.15. The summed E-state index contributed by atoms with van der Waals surface area (Å²) in [5, 5.41) is 20.6. The first-order chi connectivity index (χ1) is 14.6. The van der Waals surface area contributed by atoms with E-state index in [0.717, 1.165) is 16.6 Å². The molecule has 0 unspecified atom stereocenters. The number of phenols is 2. The van der Waals surface area contributed by atoms with Gasteiger partial charge in [-0.15, -0.1) is 0 Å². The van der Waals surface area contributed by atoms with Crippen molar-refractivity contribution in [2.24, 2.45) is 0 Å². The van der Waals surface area contributed by atoms with Crippen molar-refractivity contribution in [1.82, 2.24) is 14.9 Å². The molecule has 3 aromatic carbocycles. The Hall–Kier alpha value is -3.93. The number of hydrogen-bond acceptors (Lipinski definition) is 5. The molecule has 0 aliphatic carbocycles. The van der Waals surface area contributed by atoms with E-state index < -0.39 is 0 Å². The van der Waals surface area contributed by atoms with Gasteiger partial charge in [0.2, 0.25) is 0 Å². The van der Waals surface area contributed by atoms with E-state index in [1.54, 1.807) is 11.0 Å². The fourth-order valence-corrected chi connectivity index (χ4v) is 3.90. The lowest BCUT2D eigenvalue weighted by Gasteiger charge is -2.29. The number of nitrogens with zero attached hydrogens (tertiary/aromatic N) is 3. The minimum absolute atomic E-state index is 0.0987. The van der Waals surface area contributed by atoms with Gasteiger partial charge in [-0.2, -0.15) is 0 Å². The summed E-state index contributed by atoms with van der Waals surface area (Å²) in [7, 11) is 0. The lowest BCUT2D eigenvalue weighted by molar-refractivity contribution is 0.0730. The second-order valence-electron chi connectivity index (χ2n) is 7.33. The fourth-order valence-electron chi connectivity index (χ4n) is 3.90. The van der Waals surface area contributed by atoms with Crippen LogP contribution in [-0.2, 0) is 13.0 Å². The maximum atomic E-state index is 13.5. The molecule has 1 aromatic heterocycles. The van der Waals surface area contributed by atoms with Crippen LogP contribution in [0.25, 0.3) is 22.3 Å².